The fourth-order valence-electron chi connectivity index (χ4n) is 3.10. The largest absolute Gasteiger partial charge is 0.413 e. The molecule has 1 aliphatic heterocycles. The van der Waals surface area contributed by atoms with Crippen molar-refractivity contribution in [1.29, 1.82) is 5.26 Å². The number of benzene rings is 1. The molecule has 1 unspecified atom stereocenters. The highest BCUT2D eigenvalue weighted by molar-refractivity contribution is 6.74. The zero-order chi connectivity index (χ0) is 18.7. The highest BCUT2D eigenvalue weighted by Gasteiger charge is 2.40. The van der Waals surface area contributed by atoms with Crippen LogP contribution in [0.15, 0.2) is 24.3 Å². The number of likely N-dealkylation sites (N-methyl/N-ethyl adjacent to an activating group) is 1. The first-order chi connectivity index (χ1) is 11.7. The van der Waals surface area contributed by atoms with E-state index in [1.165, 1.54) is 5.56 Å². The second-order valence-electron chi connectivity index (χ2n) is 8.63. The minimum Gasteiger partial charge on any atom is -0.413 e. The Bertz CT molecular complexity index is 618. The highest BCUT2D eigenvalue weighted by atomic mass is 28.4. The molecule has 0 aliphatic carbocycles. The SMILES string of the molecule is CN[C@H](CN1CCC(O[Si](C)(C)C(C)(C)C)C1)c1cccc(C#N)c1. The van der Waals surface area contributed by atoms with Crippen LogP contribution >= 0.6 is 0 Å². The van der Waals surface area contributed by atoms with E-state index in [9.17, 15) is 0 Å². The third kappa shape index (κ3) is 5.15. The number of nitriles is 1. The van der Waals surface area contributed by atoms with E-state index in [1.807, 2.05) is 25.2 Å². The number of hydrogen-bond donors (Lipinski definition) is 1. The first-order valence-corrected chi connectivity index (χ1v) is 12.1. The van der Waals surface area contributed by atoms with Gasteiger partial charge in [0.25, 0.3) is 0 Å². The zero-order valence-electron chi connectivity index (χ0n) is 16.6. The van der Waals surface area contributed by atoms with Gasteiger partial charge in [0.05, 0.1) is 17.7 Å². The number of nitrogens with one attached hydrogen (secondary N) is 1. The minimum absolute atomic E-state index is 0.236. The normalized spacial score (nSPS) is 20.4. The molecule has 0 amide bonds. The second kappa shape index (κ2) is 8.01. The first-order valence-electron chi connectivity index (χ1n) is 9.24. The standard InChI is InChI=1S/C20H33N3OSi/c1-20(2,3)25(5,6)24-18-10-11-23(14-18)15-19(22-4)17-9-7-8-16(12-17)13-21/h7-9,12,18-19,22H,10-11,14-15H2,1-6H3/t18?,19-/m1/s1. The van der Waals surface area contributed by atoms with E-state index in [0.717, 1.165) is 31.6 Å². The topological polar surface area (TPSA) is 48.3 Å². The van der Waals surface area contributed by atoms with Gasteiger partial charge in [0.1, 0.15) is 0 Å². The lowest BCUT2D eigenvalue weighted by molar-refractivity contribution is 0.177. The molecule has 0 aromatic heterocycles. The van der Waals surface area contributed by atoms with Gasteiger partial charge in [-0.25, -0.2) is 0 Å². The van der Waals surface area contributed by atoms with Gasteiger partial charge in [-0.05, 0) is 49.3 Å². The molecule has 1 aromatic rings. The summed E-state index contributed by atoms with van der Waals surface area (Å²) in [5.74, 6) is 0. The Balaban J connectivity index is 1.96. The fraction of sp³-hybridized carbons (Fsp3) is 0.650. The van der Waals surface area contributed by atoms with Crippen LogP contribution in [0.1, 0.15) is 44.4 Å². The molecule has 1 aromatic carbocycles. The van der Waals surface area contributed by atoms with Crippen molar-refractivity contribution in [3.8, 4) is 6.07 Å². The summed E-state index contributed by atoms with van der Waals surface area (Å²) in [6, 6.07) is 10.4. The van der Waals surface area contributed by atoms with Gasteiger partial charge in [0.15, 0.2) is 8.32 Å². The molecule has 2 rings (SSSR count). The lowest BCUT2D eigenvalue weighted by atomic mass is 10.0. The van der Waals surface area contributed by atoms with Crippen molar-refractivity contribution in [3.05, 3.63) is 35.4 Å². The molecule has 1 fully saturated rings. The third-order valence-electron chi connectivity index (χ3n) is 5.70. The zero-order valence-corrected chi connectivity index (χ0v) is 17.6. The van der Waals surface area contributed by atoms with Crippen LogP contribution in [0.25, 0.3) is 0 Å². The van der Waals surface area contributed by atoms with Gasteiger partial charge in [0, 0.05) is 25.7 Å². The molecule has 1 heterocycles. The predicted octanol–water partition coefficient (Wildman–Crippen LogP) is 3.91. The summed E-state index contributed by atoms with van der Waals surface area (Å²) >= 11 is 0. The molecule has 0 saturated carbocycles. The smallest absolute Gasteiger partial charge is 0.192 e. The van der Waals surface area contributed by atoms with Crippen LogP contribution < -0.4 is 5.32 Å². The van der Waals surface area contributed by atoms with Gasteiger partial charge >= 0.3 is 0 Å². The predicted molar refractivity (Wildman–Crippen MR) is 106 cm³/mol. The maximum Gasteiger partial charge on any atom is 0.192 e. The summed E-state index contributed by atoms with van der Waals surface area (Å²) in [6.45, 7) is 14.6. The summed E-state index contributed by atoms with van der Waals surface area (Å²) in [7, 11) is 0.287. The van der Waals surface area contributed by atoms with Crippen molar-refractivity contribution in [1.82, 2.24) is 10.2 Å². The Labute approximate surface area is 154 Å². The molecule has 2 atom stereocenters. The molecular weight excluding hydrogens is 326 g/mol. The first kappa shape index (κ1) is 20.1. The van der Waals surface area contributed by atoms with Gasteiger partial charge in [-0.15, -0.1) is 0 Å². The Hall–Kier alpha value is -1.19. The average Bonchev–Trinajstić information content (AvgIpc) is 2.98. The second-order valence-corrected chi connectivity index (χ2v) is 13.4. The van der Waals surface area contributed by atoms with Gasteiger partial charge in [-0.3, -0.25) is 4.90 Å². The quantitative estimate of drug-likeness (QED) is 0.782. The van der Waals surface area contributed by atoms with Crippen molar-refractivity contribution >= 4 is 8.32 Å². The molecule has 5 heteroatoms. The van der Waals surface area contributed by atoms with Crippen LogP contribution in [-0.4, -0.2) is 46.0 Å². The minimum atomic E-state index is -1.70. The third-order valence-corrected chi connectivity index (χ3v) is 10.2. The van der Waals surface area contributed by atoms with Crippen LogP contribution in [0.3, 0.4) is 0 Å². The van der Waals surface area contributed by atoms with Gasteiger partial charge in [-0.2, -0.15) is 5.26 Å². The number of hydrogen-bond acceptors (Lipinski definition) is 4. The molecule has 0 radical (unpaired) electrons. The highest BCUT2D eigenvalue weighted by Crippen LogP contribution is 2.38. The van der Waals surface area contributed by atoms with E-state index in [-0.39, 0.29) is 11.1 Å². The molecule has 1 aliphatic rings. The molecule has 25 heavy (non-hydrogen) atoms. The number of likely N-dealkylation sites (tertiary alicyclic amines) is 1. The lowest BCUT2D eigenvalue weighted by Crippen LogP contribution is -2.44. The summed E-state index contributed by atoms with van der Waals surface area (Å²) < 4.78 is 6.58. The van der Waals surface area contributed by atoms with Crippen LogP contribution in [0, 0.1) is 11.3 Å². The van der Waals surface area contributed by atoms with E-state index in [2.05, 4.69) is 56.2 Å². The summed E-state index contributed by atoms with van der Waals surface area (Å²) in [5, 5.41) is 12.8. The fourth-order valence-corrected chi connectivity index (χ4v) is 4.48. The summed E-state index contributed by atoms with van der Waals surface area (Å²) in [4.78, 5) is 2.48. The van der Waals surface area contributed by atoms with Crippen molar-refractivity contribution < 1.29 is 4.43 Å². The Kier molecular flexibility index (Phi) is 6.44. The van der Waals surface area contributed by atoms with E-state index >= 15 is 0 Å². The summed E-state index contributed by atoms with van der Waals surface area (Å²) in [5.41, 5.74) is 1.90. The van der Waals surface area contributed by atoms with Gasteiger partial charge in [0.2, 0.25) is 0 Å². The van der Waals surface area contributed by atoms with E-state index in [1.54, 1.807) is 0 Å². The molecule has 4 nitrogen and oxygen atoms in total. The molecule has 1 N–H and O–H groups in total. The van der Waals surface area contributed by atoms with Gasteiger partial charge in [-0.1, -0.05) is 32.9 Å². The molecule has 138 valence electrons. The molecule has 1 saturated heterocycles. The van der Waals surface area contributed by atoms with Crippen LogP contribution in [0.2, 0.25) is 18.1 Å². The monoisotopic (exact) mass is 359 g/mol. The number of rotatable bonds is 6. The van der Waals surface area contributed by atoms with E-state index < -0.39 is 8.32 Å². The average molecular weight is 360 g/mol. The molecule has 0 bridgehead atoms. The molecular formula is C20H33N3OSi. The van der Waals surface area contributed by atoms with Crippen LogP contribution in [-0.2, 0) is 4.43 Å². The summed E-state index contributed by atoms with van der Waals surface area (Å²) in [6.07, 6.45) is 1.46. The van der Waals surface area contributed by atoms with Crippen LogP contribution in [0.5, 0.6) is 0 Å². The maximum absolute atomic E-state index is 9.12. The Morgan fingerprint density at radius 2 is 2.12 bits per heavy atom. The van der Waals surface area contributed by atoms with E-state index in [4.69, 9.17) is 9.69 Å². The number of nitrogens with zero attached hydrogens (tertiary/aromatic N) is 2. The van der Waals surface area contributed by atoms with Crippen molar-refractivity contribution in [2.45, 2.75) is 57.5 Å². The van der Waals surface area contributed by atoms with Gasteiger partial charge < -0.3 is 9.74 Å². The lowest BCUT2D eigenvalue weighted by Gasteiger charge is -2.38. The Morgan fingerprint density at radius 1 is 1.40 bits per heavy atom. The van der Waals surface area contributed by atoms with Crippen LogP contribution in [0.4, 0.5) is 0 Å². The molecule has 0 spiro atoms. The Morgan fingerprint density at radius 3 is 2.72 bits per heavy atom. The van der Waals surface area contributed by atoms with E-state index in [0.29, 0.717) is 6.10 Å². The van der Waals surface area contributed by atoms with Crippen molar-refractivity contribution in [3.63, 3.8) is 0 Å². The maximum atomic E-state index is 9.12. The van der Waals surface area contributed by atoms with Crippen molar-refractivity contribution in [2.24, 2.45) is 0 Å². The van der Waals surface area contributed by atoms with Crippen molar-refractivity contribution in [2.75, 3.05) is 26.7 Å².